The fraction of sp³-hybridized carbons (Fsp3) is 0.476. The van der Waals surface area contributed by atoms with Crippen LogP contribution in [0.4, 0.5) is 0 Å². The largest absolute Gasteiger partial charge is 0.462 e. The molecule has 0 saturated carbocycles. The third-order valence-electron chi connectivity index (χ3n) is 10.2. The zero-order chi connectivity index (χ0) is 50.0. The van der Waals surface area contributed by atoms with Crippen LogP contribution in [-0.2, 0) is 28.6 Å². The van der Waals surface area contributed by atoms with Crippen molar-refractivity contribution in [1.29, 1.82) is 0 Å². The van der Waals surface area contributed by atoms with Crippen LogP contribution < -0.4 is 0 Å². The first-order chi connectivity index (χ1) is 34.0. The molecule has 0 radical (unpaired) electrons. The topological polar surface area (TPSA) is 78.9 Å². The van der Waals surface area contributed by atoms with Gasteiger partial charge in [-0.2, -0.15) is 0 Å². The third kappa shape index (κ3) is 53.3. The Balaban J connectivity index is 4.61. The van der Waals surface area contributed by atoms with Crippen LogP contribution in [0.15, 0.2) is 182 Å². The molecule has 0 amide bonds. The minimum Gasteiger partial charge on any atom is -0.462 e. The molecule has 0 N–H and O–H groups in total. The molecule has 0 saturated heterocycles. The molecule has 0 rings (SSSR count). The predicted octanol–water partition coefficient (Wildman–Crippen LogP) is 17.7. The first-order valence-electron chi connectivity index (χ1n) is 26.5. The van der Waals surface area contributed by atoms with Crippen molar-refractivity contribution < 1.29 is 28.6 Å². The molecule has 0 aliphatic carbocycles. The number of ether oxygens (including phenoxy) is 3. The molecule has 1 unspecified atom stereocenters. The highest BCUT2D eigenvalue weighted by Gasteiger charge is 2.19. The van der Waals surface area contributed by atoms with Gasteiger partial charge in [-0.05, 0) is 83.5 Å². The molecule has 0 heterocycles. The maximum Gasteiger partial charge on any atom is 0.306 e. The van der Waals surface area contributed by atoms with Crippen LogP contribution in [0.3, 0.4) is 0 Å². The van der Waals surface area contributed by atoms with Crippen molar-refractivity contribution in [2.75, 3.05) is 13.2 Å². The first-order valence-corrected chi connectivity index (χ1v) is 26.5. The number of carbonyl (C=O) groups is 3. The molecule has 6 heteroatoms. The number of carbonyl (C=O) groups excluding carboxylic acids is 3. The van der Waals surface area contributed by atoms with Gasteiger partial charge >= 0.3 is 17.9 Å². The summed E-state index contributed by atoms with van der Waals surface area (Å²) >= 11 is 0. The van der Waals surface area contributed by atoms with Crippen LogP contribution in [0.1, 0.15) is 175 Å². The lowest BCUT2D eigenvalue weighted by Gasteiger charge is -2.18. The lowest BCUT2D eigenvalue weighted by molar-refractivity contribution is -0.167. The molecule has 0 bridgehead atoms. The van der Waals surface area contributed by atoms with Crippen LogP contribution in [0, 0.1) is 0 Å². The number of rotatable bonds is 44. The zero-order valence-corrected chi connectivity index (χ0v) is 43.2. The van der Waals surface area contributed by atoms with Crippen molar-refractivity contribution in [3.05, 3.63) is 182 Å². The highest BCUT2D eigenvalue weighted by atomic mass is 16.6. The van der Waals surface area contributed by atoms with E-state index < -0.39 is 6.10 Å². The SMILES string of the molecule is CC\C=C/C=C\C=C/C=C\C=C/CCCC(=O)OCC(COC(=O)CCCCC\C=C/C=C\C=C\C=C/C=C\C=C/C=C\CC)OC(=O)CCCCCCCCCCC/C=C\C/C=C\C/C=C\CC. The molecule has 0 fully saturated rings. The summed E-state index contributed by atoms with van der Waals surface area (Å²) < 4.78 is 16.7. The van der Waals surface area contributed by atoms with Gasteiger partial charge in [0.25, 0.3) is 0 Å². The summed E-state index contributed by atoms with van der Waals surface area (Å²) in [5, 5.41) is 0. The molecule has 380 valence electrons. The number of esters is 3. The second-order valence-electron chi connectivity index (χ2n) is 16.6. The smallest absolute Gasteiger partial charge is 0.306 e. The van der Waals surface area contributed by atoms with Crippen molar-refractivity contribution >= 4 is 17.9 Å². The van der Waals surface area contributed by atoms with Gasteiger partial charge in [-0.15, -0.1) is 0 Å². The van der Waals surface area contributed by atoms with E-state index in [1.165, 1.54) is 38.5 Å². The molecular weight excluding hydrogens is 853 g/mol. The maximum atomic E-state index is 12.8. The van der Waals surface area contributed by atoms with E-state index in [0.717, 1.165) is 83.5 Å². The minimum absolute atomic E-state index is 0.137. The van der Waals surface area contributed by atoms with E-state index in [9.17, 15) is 14.4 Å². The average molecular weight is 945 g/mol. The molecule has 0 aliphatic rings. The molecule has 0 aliphatic heterocycles. The summed E-state index contributed by atoms with van der Waals surface area (Å²) in [6.07, 6.45) is 83.1. The quantitative estimate of drug-likeness (QED) is 0.0199. The van der Waals surface area contributed by atoms with Crippen molar-refractivity contribution in [1.82, 2.24) is 0 Å². The van der Waals surface area contributed by atoms with E-state index in [1.54, 1.807) is 0 Å². The fourth-order valence-electron chi connectivity index (χ4n) is 6.35. The van der Waals surface area contributed by atoms with Crippen LogP contribution in [0.2, 0.25) is 0 Å². The summed E-state index contributed by atoms with van der Waals surface area (Å²) in [7, 11) is 0. The van der Waals surface area contributed by atoms with Crippen molar-refractivity contribution in [2.45, 2.75) is 181 Å². The van der Waals surface area contributed by atoms with Gasteiger partial charge in [0.2, 0.25) is 0 Å². The van der Waals surface area contributed by atoms with E-state index >= 15 is 0 Å². The van der Waals surface area contributed by atoms with Crippen LogP contribution in [0.5, 0.6) is 0 Å². The third-order valence-corrected chi connectivity index (χ3v) is 10.2. The molecule has 0 aromatic rings. The molecule has 69 heavy (non-hydrogen) atoms. The maximum absolute atomic E-state index is 12.8. The van der Waals surface area contributed by atoms with Crippen LogP contribution in [0.25, 0.3) is 0 Å². The standard InChI is InChI=1S/C63H92O6/c1-4-7-10-13-16-19-22-25-27-29-31-33-35-38-41-44-47-50-53-56-62(65)68-59-60(58-67-61(64)55-52-49-46-43-40-37-24-21-18-15-12-9-6-3)69-63(66)57-54-51-48-45-42-39-36-34-32-30-28-26-23-20-17-14-11-8-5-2/h7-13,15-22,24-29,31,33,35,37-38,40-41,43,46,60H,4-6,14,23,30,32,34,36,39,42,44-45,47-59H2,1-3H3/b10-7-,11-8-,12-9-,16-13-,18-15-,20-17-,22-19-,24-21-,27-25-,28-26-,31-29+,35-33-,40-37-,41-38-,46-43-. The van der Waals surface area contributed by atoms with E-state index in [0.29, 0.717) is 12.8 Å². The van der Waals surface area contributed by atoms with Gasteiger partial charge in [-0.25, -0.2) is 0 Å². The Morgan fingerprint density at radius 1 is 0.304 bits per heavy atom. The predicted molar refractivity (Wildman–Crippen MR) is 297 cm³/mol. The van der Waals surface area contributed by atoms with Gasteiger partial charge in [0, 0.05) is 19.3 Å². The Morgan fingerprint density at radius 2 is 0.609 bits per heavy atom. The minimum atomic E-state index is -0.840. The number of unbranched alkanes of at least 4 members (excludes halogenated alkanes) is 13. The highest BCUT2D eigenvalue weighted by molar-refractivity contribution is 5.71. The summed E-state index contributed by atoms with van der Waals surface area (Å²) in [5.41, 5.74) is 0. The molecular formula is C63H92O6. The molecule has 0 aromatic heterocycles. The second-order valence-corrected chi connectivity index (χ2v) is 16.6. The summed E-state index contributed by atoms with van der Waals surface area (Å²) in [6.45, 7) is 6.10. The highest BCUT2D eigenvalue weighted by Crippen LogP contribution is 2.13. The Hall–Kier alpha value is -5.49. The van der Waals surface area contributed by atoms with E-state index in [2.05, 4.69) is 75.5 Å². The average Bonchev–Trinajstić information content (AvgIpc) is 3.35. The van der Waals surface area contributed by atoms with Gasteiger partial charge < -0.3 is 14.2 Å². The van der Waals surface area contributed by atoms with Gasteiger partial charge in [0.05, 0.1) is 0 Å². The molecule has 6 nitrogen and oxygen atoms in total. The lowest BCUT2D eigenvalue weighted by atomic mass is 10.1. The monoisotopic (exact) mass is 945 g/mol. The van der Waals surface area contributed by atoms with Crippen molar-refractivity contribution in [2.24, 2.45) is 0 Å². The van der Waals surface area contributed by atoms with Crippen molar-refractivity contribution in [3.8, 4) is 0 Å². The number of hydrogen-bond acceptors (Lipinski definition) is 6. The van der Waals surface area contributed by atoms with Gasteiger partial charge in [0.1, 0.15) is 13.2 Å². The number of hydrogen-bond donors (Lipinski definition) is 0. The number of allylic oxidation sites excluding steroid dienone is 30. The molecule has 1 atom stereocenters. The van der Waals surface area contributed by atoms with E-state index in [1.807, 2.05) is 128 Å². The lowest BCUT2D eigenvalue weighted by Crippen LogP contribution is -2.30. The Kier molecular flexibility index (Phi) is 50.7. The second kappa shape index (κ2) is 55.1. The molecule has 0 aromatic carbocycles. The Morgan fingerprint density at radius 3 is 1.06 bits per heavy atom. The fourth-order valence-corrected chi connectivity index (χ4v) is 6.35. The van der Waals surface area contributed by atoms with Crippen LogP contribution >= 0.6 is 0 Å². The molecule has 0 spiro atoms. The van der Waals surface area contributed by atoms with E-state index in [-0.39, 0.29) is 50.4 Å². The van der Waals surface area contributed by atoms with Gasteiger partial charge in [0.15, 0.2) is 6.10 Å². The van der Waals surface area contributed by atoms with Gasteiger partial charge in [-0.1, -0.05) is 254 Å². The zero-order valence-electron chi connectivity index (χ0n) is 43.2. The summed E-state index contributed by atoms with van der Waals surface area (Å²) in [5.74, 6) is -1.08. The van der Waals surface area contributed by atoms with Crippen molar-refractivity contribution in [3.63, 3.8) is 0 Å². The Bertz CT molecular complexity index is 1700. The van der Waals surface area contributed by atoms with Gasteiger partial charge in [-0.3, -0.25) is 14.4 Å². The first kappa shape index (κ1) is 63.5. The Labute approximate surface area is 421 Å². The van der Waals surface area contributed by atoms with Crippen LogP contribution in [-0.4, -0.2) is 37.2 Å². The normalized spacial score (nSPS) is 13.6. The summed E-state index contributed by atoms with van der Waals surface area (Å²) in [4.78, 5) is 38.0. The van der Waals surface area contributed by atoms with E-state index in [4.69, 9.17) is 14.2 Å². The summed E-state index contributed by atoms with van der Waals surface area (Å²) in [6, 6.07) is 0.